The van der Waals surface area contributed by atoms with Crippen LogP contribution >= 0.6 is 0 Å². The van der Waals surface area contributed by atoms with Gasteiger partial charge >= 0.3 is 6.03 Å². The molecule has 3 rings (SSSR count). The van der Waals surface area contributed by atoms with Crippen molar-refractivity contribution in [1.82, 2.24) is 15.2 Å². The van der Waals surface area contributed by atoms with Crippen LogP contribution in [0.15, 0.2) is 30.6 Å². The number of hydrogen-bond acceptors (Lipinski definition) is 2. The number of hydrogen-bond donors (Lipinski definition) is 1. The van der Waals surface area contributed by atoms with Crippen LogP contribution in [0.4, 0.5) is 13.6 Å². The third-order valence-corrected chi connectivity index (χ3v) is 4.39. The van der Waals surface area contributed by atoms with Crippen LogP contribution in [0.3, 0.4) is 0 Å². The number of nitrogens with one attached hydrogen (secondary N) is 1. The van der Waals surface area contributed by atoms with Crippen molar-refractivity contribution in [3.63, 3.8) is 0 Å². The van der Waals surface area contributed by atoms with Gasteiger partial charge in [0.2, 0.25) is 0 Å². The van der Waals surface area contributed by atoms with E-state index in [4.69, 9.17) is 0 Å². The molecule has 0 spiro atoms. The number of amides is 2. The Bertz CT molecular complexity index is 779. The molecule has 4 nitrogen and oxygen atoms in total. The number of urea groups is 1. The van der Waals surface area contributed by atoms with E-state index in [1.54, 1.807) is 24.8 Å². The maximum atomic E-state index is 14.3. The van der Waals surface area contributed by atoms with Crippen LogP contribution in [0.25, 0.3) is 0 Å². The second-order valence-corrected chi connectivity index (χ2v) is 6.11. The molecular formula is C18H19F2N3O. The fourth-order valence-corrected chi connectivity index (χ4v) is 2.91. The van der Waals surface area contributed by atoms with Crippen molar-refractivity contribution >= 4 is 6.03 Å². The predicted octanol–water partition coefficient (Wildman–Crippen LogP) is 3.50. The van der Waals surface area contributed by atoms with Gasteiger partial charge in [-0.25, -0.2) is 13.6 Å². The number of pyridine rings is 1. The van der Waals surface area contributed by atoms with Gasteiger partial charge in [0.25, 0.3) is 0 Å². The Morgan fingerprint density at radius 1 is 1.33 bits per heavy atom. The summed E-state index contributed by atoms with van der Waals surface area (Å²) in [5.41, 5.74) is 2.69. The lowest BCUT2D eigenvalue weighted by Crippen LogP contribution is -2.43. The zero-order valence-electron chi connectivity index (χ0n) is 13.6. The van der Waals surface area contributed by atoms with Crippen LogP contribution in [0.1, 0.15) is 35.2 Å². The first-order valence-corrected chi connectivity index (χ1v) is 7.88. The molecule has 24 heavy (non-hydrogen) atoms. The van der Waals surface area contributed by atoms with Gasteiger partial charge in [-0.05, 0) is 43.0 Å². The van der Waals surface area contributed by atoms with Crippen molar-refractivity contribution < 1.29 is 13.6 Å². The Labute approximate surface area is 139 Å². The Kier molecular flexibility index (Phi) is 4.46. The van der Waals surface area contributed by atoms with Crippen molar-refractivity contribution in [1.29, 1.82) is 0 Å². The molecule has 126 valence electrons. The van der Waals surface area contributed by atoms with Crippen LogP contribution in [-0.2, 0) is 13.0 Å². The number of rotatable bonds is 2. The van der Waals surface area contributed by atoms with Gasteiger partial charge in [0.15, 0.2) is 0 Å². The lowest BCUT2D eigenvalue weighted by atomic mass is 9.97. The van der Waals surface area contributed by atoms with Gasteiger partial charge in [-0.2, -0.15) is 0 Å². The van der Waals surface area contributed by atoms with Crippen molar-refractivity contribution in [2.24, 2.45) is 0 Å². The molecule has 0 radical (unpaired) electrons. The standard InChI is InChI=1S/C18H19F2N3O/c1-11-3-4-13-5-6-23(10-16(13)17(11)20)18(24)22-12(2)14-7-15(19)9-21-8-14/h3-4,7-9,12H,5-6,10H2,1-2H3,(H,22,24). The average molecular weight is 331 g/mol. The van der Waals surface area contributed by atoms with Gasteiger partial charge in [0, 0.05) is 18.3 Å². The first-order chi connectivity index (χ1) is 11.5. The molecule has 1 aromatic carbocycles. The molecule has 1 aromatic heterocycles. The summed E-state index contributed by atoms with van der Waals surface area (Å²) >= 11 is 0. The van der Waals surface area contributed by atoms with Crippen molar-refractivity contribution in [3.8, 4) is 0 Å². The maximum Gasteiger partial charge on any atom is 0.318 e. The second kappa shape index (κ2) is 6.55. The molecule has 1 unspecified atom stereocenters. The van der Waals surface area contributed by atoms with Gasteiger partial charge in [-0.3, -0.25) is 4.98 Å². The topological polar surface area (TPSA) is 45.2 Å². The van der Waals surface area contributed by atoms with Gasteiger partial charge in [0.1, 0.15) is 11.6 Å². The Morgan fingerprint density at radius 2 is 2.12 bits per heavy atom. The van der Waals surface area contributed by atoms with E-state index in [2.05, 4.69) is 10.3 Å². The molecule has 0 aliphatic carbocycles. The lowest BCUT2D eigenvalue weighted by molar-refractivity contribution is 0.188. The number of fused-ring (bicyclic) bond motifs is 1. The number of aryl methyl sites for hydroxylation is 1. The number of carbonyl (C=O) groups excluding carboxylic acids is 1. The third-order valence-electron chi connectivity index (χ3n) is 4.39. The minimum atomic E-state index is -0.446. The number of halogens is 2. The van der Waals surface area contributed by atoms with Crippen molar-refractivity contribution in [2.75, 3.05) is 6.54 Å². The van der Waals surface area contributed by atoms with E-state index >= 15 is 0 Å². The van der Waals surface area contributed by atoms with E-state index in [1.807, 2.05) is 6.07 Å². The molecule has 0 saturated heterocycles. The summed E-state index contributed by atoms with van der Waals surface area (Å²) in [6.45, 7) is 4.24. The SMILES string of the molecule is Cc1ccc2c(c1F)CN(C(=O)NC(C)c1cncc(F)c1)CC2. The van der Waals surface area contributed by atoms with Gasteiger partial charge < -0.3 is 10.2 Å². The molecule has 6 heteroatoms. The lowest BCUT2D eigenvalue weighted by Gasteiger charge is -2.30. The molecule has 0 saturated carbocycles. The summed E-state index contributed by atoms with van der Waals surface area (Å²) in [6, 6.07) is 4.35. The Hall–Kier alpha value is -2.50. The quantitative estimate of drug-likeness (QED) is 0.915. The molecule has 2 amide bonds. The third kappa shape index (κ3) is 3.22. The van der Waals surface area contributed by atoms with E-state index in [0.29, 0.717) is 29.7 Å². The number of nitrogens with zero attached hydrogens (tertiary/aromatic N) is 2. The van der Waals surface area contributed by atoms with E-state index in [0.717, 1.165) is 11.8 Å². The van der Waals surface area contributed by atoms with Crippen molar-refractivity contribution in [3.05, 3.63) is 64.5 Å². The van der Waals surface area contributed by atoms with Gasteiger partial charge in [-0.15, -0.1) is 0 Å². The molecule has 2 aromatic rings. The van der Waals surface area contributed by atoms with Crippen LogP contribution in [-0.4, -0.2) is 22.5 Å². The van der Waals surface area contributed by atoms with E-state index < -0.39 is 5.82 Å². The summed E-state index contributed by atoms with van der Waals surface area (Å²) in [5, 5.41) is 2.82. The van der Waals surface area contributed by atoms with Crippen molar-refractivity contribution in [2.45, 2.75) is 32.9 Å². The highest BCUT2D eigenvalue weighted by molar-refractivity contribution is 5.75. The number of carbonyl (C=O) groups is 1. The molecular weight excluding hydrogens is 312 g/mol. The van der Waals surface area contributed by atoms with Gasteiger partial charge in [-0.1, -0.05) is 12.1 Å². The highest BCUT2D eigenvalue weighted by Crippen LogP contribution is 2.24. The summed E-state index contributed by atoms with van der Waals surface area (Å²) in [7, 11) is 0. The average Bonchev–Trinajstić information content (AvgIpc) is 2.58. The minimum Gasteiger partial charge on any atom is -0.331 e. The molecule has 0 fully saturated rings. The highest BCUT2D eigenvalue weighted by atomic mass is 19.1. The zero-order chi connectivity index (χ0) is 17.3. The van der Waals surface area contributed by atoms with Crippen LogP contribution in [0, 0.1) is 18.6 Å². The molecule has 0 bridgehead atoms. The Morgan fingerprint density at radius 3 is 2.88 bits per heavy atom. The summed E-state index contributed by atoms with van der Waals surface area (Å²) in [5.74, 6) is -0.689. The normalized spacial score (nSPS) is 14.9. The smallest absolute Gasteiger partial charge is 0.318 e. The maximum absolute atomic E-state index is 14.3. The number of benzene rings is 1. The fraction of sp³-hybridized carbons (Fsp3) is 0.333. The van der Waals surface area contributed by atoms with E-state index in [9.17, 15) is 13.6 Å². The Balaban J connectivity index is 1.71. The van der Waals surface area contributed by atoms with E-state index in [1.165, 1.54) is 12.3 Å². The highest BCUT2D eigenvalue weighted by Gasteiger charge is 2.24. The van der Waals surface area contributed by atoms with Gasteiger partial charge in [0.05, 0.1) is 18.8 Å². The summed E-state index contributed by atoms with van der Waals surface area (Å²) in [6.07, 6.45) is 3.25. The van der Waals surface area contributed by atoms with Crippen LogP contribution in [0.5, 0.6) is 0 Å². The molecule has 2 heterocycles. The second-order valence-electron chi connectivity index (χ2n) is 6.11. The summed E-state index contributed by atoms with van der Waals surface area (Å²) < 4.78 is 27.5. The molecule has 1 aliphatic heterocycles. The monoisotopic (exact) mass is 331 g/mol. The minimum absolute atomic E-state index is 0.239. The van der Waals surface area contributed by atoms with E-state index in [-0.39, 0.29) is 24.4 Å². The molecule has 1 N–H and O–H groups in total. The molecule has 1 aliphatic rings. The first kappa shape index (κ1) is 16.4. The van der Waals surface area contributed by atoms with Crippen LogP contribution in [0.2, 0.25) is 0 Å². The summed E-state index contributed by atoms with van der Waals surface area (Å²) in [4.78, 5) is 17.8. The largest absolute Gasteiger partial charge is 0.331 e. The zero-order valence-corrected chi connectivity index (χ0v) is 13.6. The molecule has 1 atom stereocenters. The predicted molar refractivity (Wildman–Crippen MR) is 86.4 cm³/mol. The number of aromatic nitrogens is 1. The fourth-order valence-electron chi connectivity index (χ4n) is 2.91. The van der Waals surface area contributed by atoms with Crippen LogP contribution < -0.4 is 5.32 Å². The first-order valence-electron chi connectivity index (χ1n) is 7.88.